The average Bonchev–Trinajstić information content (AvgIpc) is 2.84. The van der Waals surface area contributed by atoms with Crippen LogP contribution in [0.15, 0.2) is 76.5 Å². The van der Waals surface area contributed by atoms with Gasteiger partial charge in [-0.1, -0.05) is 48.0 Å². The summed E-state index contributed by atoms with van der Waals surface area (Å²) in [6, 6.07) is 19.1. The highest BCUT2D eigenvalue weighted by Gasteiger charge is 2.29. The molecule has 9 heteroatoms. The van der Waals surface area contributed by atoms with Crippen LogP contribution in [-0.4, -0.2) is 44.5 Å². The normalized spacial score (nSPS) is 16.0. The molecule has 0 saturated carbocycles. The van der Waals surface area contributed by atoms with E-state index in [9.17, 15) is 17.4 Å². The van der Waals surface area contributed by atoms with E-state index >= 15 is 0 Å². The van der Waals surface area contributed by atoms with E-state index in [1.54, 1.807) is 30.3 Å². The van der Waals surface area contributed by atoms with Crippen LogP contribution in [0.4, 0.5) is 10.1 Å². The maximum absolute atomic E-state index is 14.4. The highest BCUT2D eigenvalue weighted by atomic mass is 35.5. The van der Waals surface area contributed by atoms with Crippen LogP contribution in [0.3, 0.4) is 0 Å². The molecule has 0 amide bonds. The van der Waals surface area contributed by atoms with Gasteiger partial charge in [0.25, 0.3) is 0 Å². The minimum Gasteiger partial charge on any atom is -0.611 e. The second-order valence-electron chi connectivity index (χ2n) is 8.78. The van der Waals surface area contributed by atoms with Crippen molar-refractivity contribution in [1.29, 1.82) is 0 Å². The van der Waals surface area contributed by atoms with Crippen molar-refractivity contribution in [3.8, 4) is 0 Å². The topological polar surface area (TPSA) is 63.7 Å². The summed E-state index contributed by atoms with van der Waals surface area (Å²) in [4.78, 5) is 2.60. The molecule has 1 saturated heterocycles. The van der Waals surface area contributed by atoms with Gasteiger partial charge in [-0.15, -0.1) is 0 Å². The molecule has 0 spiro atoms. The van der Waals surface area contributed by atoms with Crippen LogP contribution >= 0.6 is 11.6 Å². The maximum Gasteiger partial charge on any atom is 0.247 e. The van der Waals surface area contributed by atoms with Gasteiger partial charge in [-0.2, -0.15) is 0 Å². The standard InChI is InChI=1S/C26H28ClFN2O3S2/c1-29(2)35(32,33)26-10-6-5-9-25(26)34(31)18-20-7-3-4-8-24(20)30-15-13-19(14-16-30)22-12-11-21(27)17-23(22)28/h3-12,17,19H,13-16,18H2,1-2H3. The molecule has 5 nitrogen and oxygen atoms in total. The quantitative estimate of drug-likeness (QED) is 0.380. The molecule has 1 aliphatic rings. The lowest BCUT2D eigenvalue weighted by atomic mass is 9.88. The number of halogens is 2. The van der Waals surface area contributed by atoms with Gasteiger partial charge in [-0.05, 0) is 65.8 Å². The summed E-state index contributed by atoms with van der Waals surface area (Å²) >= 11 is 4.34. The Bertz CT molecular complexity index is 1300. The lowest BCUT2D eigenvalue weighted by molar-refractivity contribution is 0.481. The van der Waals surface area contributed by atoms with Crippen molar-refractivity contribution in [1.82, 2.24) is 4.31 Å². The van der Waals surface area contributed by atoms with Crippen molar-refractivity contribution in [3.05, 3.63) is 88.7 Å². The summed E-state index contributed by atoms with van der Waals surface area (Å²) in [5.74, 6) is 0.0491. The smallest absolute Gasteiger partial charge is 0.247 e. The Morgan fingerprint density at radius 1 is 1.06 bits per heavy atom. The Labute approximate surface area is 214 Å². The van der Waals surface area contributed by atoms with Crippen LogP contribution in [0.2, 0.25) is 5.02 Å². The van der Waals surface area contributed by atoms with E-state index in [-0.39, 0.29) is 22.4 Å². The van der Waals surface area contributed by atoms with Crippen molar-refractivity contribution in [2.45, 2.75) is 34.3 Å². The Morgan fingerprint density at radius 3 is 2.40 bits per heavy atom. The van der Waals surface area contributed by atoms with Gasteiger partial charge < -0.3 is 9.45 Å². The molecule has 0 aliphatic carbocycles. The van der Waals surface area contributed by atoms with Crippen LogP contribution in [0.1, 0.15) is 29.9 Å². The zero-order chi connectivity index (χ0) is 25.2. The molecule has 1 atom stereocenters. The van der Waals surface area contributed by atoms with Crippen LogP contribution in [0.5, 0.6) is 0 Å². The van der Waals surface area contributed by atoms with Crippen molar-refractivity contribution in [2.24, 2.45) is 0 Å². The Hall–Kier alpha value is -2.10. The molecule has 1 aliphatic heterocycles. The summed E-state index contributed by atoms with van der Waals surface area (Å²) in [7, 11) is -0.799. The lowest BCUT2D eigenvalue weighted by Crippen LogP contribution is -2.34. The lowest BCUT2D eigenvalue weighted by Gasteiger charge is -2.35. The third-order valence-corrected chi connectivity index (χ3v) is 10.0. The monoisotopic (exact) mass is 534 g/mol. The van der Waals surface area contributed by atoms with E-state index in [4.69, 9.17) is 11.6 Å². The largest absolute Gasteiger partial charge is 0.611 e. The fourth-order valence-corrected chi connectivity index (χ4v) is 7.40. The minimum atomic E-state index is -3.72. The highest BCUT2D eigenvalue weighted by molar-refractivity contribution is 7.93. The van der Waals surface area contributed by atoms with Crippen LogP contribution in [-0.2, 0) is 27.0 Å². The van der Waals surface area contributed by atoms with E-state index in [1.807, 2.05) is 24.3 Å². The summed E-state index contributed by atoms with van der Waals surface area (Å²) in [5, 5.41) is 0.394. The number of hydrogen-bond donors (Lipinski definition) is 0. The van der Waals surface area contributed by atoms with E-state index in [0.717, 1.165) is 41.5 Å². The number of hydrogen-bond acceptors (Lipinski definition) is 4. The van der Waals surface area contributed by atoms with Gasteiger partial charge >= 0.3 is 0 Å². The molecule has 0 N–H and O–H groups in total. The fraction of sp³-hybridized carbons (Fsp3) is 0.308. The average molecular weight is 535 g/mol. The summed E-state index contributed by atoms with van der Waals surface area (Å²) in [6.07, 6.45) is 1.58. The molecule has 1 unspecified atom stereocenters. The summed E-state index contributed by atoms with van der Waals surface area (Å²) in [5.41, 5.74) is 2.56. The number of piperidine rings is 1. The van der Waals surface area contributed by atoms with Gasteiger partial charge in [0, 0.05) is 43.5 Å². The molecule has 0 radical (unpaired) electrons. The van der Waals surface area contributed by atoms with E-state index < -0.39 is 21.2 Å². The zero-order valence-electron chi connectivity index (χ0n) is 19.7. The number of rotatable bonds is 7. The first-order valence-electron chi connectivity index (χ1n) is 11.4. The Kier molecular flexibility index (Phi) is 8.08. The highest BCUT2D eigenvalue weighted by Crippen LogP contribution is 2.35. The molecule has 186 valence electrons. The molecule has 35 heavy (non-hydrogen) atoms. The fourth-order valence-electron chi connectivity index (χ4n) is 4.47. The molecule has 4 rings (SSSR count). The van der Waals surface area contributed by atoms with Crippen molar-refractivity contribution < 1.29 is 17.4 Å². The second-order valence-corrected chi connectivity index (χ2v) is 12.8. The van der Waals surface area contributed by atoms with E-state index in [2.05, 4.69) is 4.90 Å². The molecule has 0 bridgehead atoms. The SMILES string of the molecule is CN(C)S(=O)(=O)c1ccccc1[S+]([O-])Cc1ccccc1N1CCC(c2ccc(Cl)cc2F)CC1. The van der Waals surface area contributed by atoms with Gasteiger partial charge in [-0.25, -0.2) is 17.1 Å². The number of anilines is 1. The van der Waals surface area contributed by atoms with Crippen LogP contribution in [0, 0.1) is 5.82 Å². The first-order chi connectivity index (χ1) is 16.7. The second kappa shape index (κ2) is 10.9. The molecular formula is C26H28ClFN2O3S2. The molecule has 3 aromatic carbocycles. The Morgan fingerprint density at radius 2 is 1.71 bits per heavy atom. The van der Waals surface area contributed by atoms with Crippen LogP contribution < -0.4 is 4.90 Å². The van der Waals surface area contributed by atoms with E-state index in [1.165, 1.54) is 26.2 Å². The van der Waals surface area contributed by atoms with E-state index in [0.29, 0.717) is 15.5 Å². The first kappa shape index (κ1) is 26.0. The molecule has 0 aromatic heterocycles. The minimum absolute atomic E-state index is 0.0617. The van der Waals surface area contributed by atoms with Crippen molar-refractivity contribution in [2.75, 3.05) is 32.1 Å². The molecule has 1 heterocycles. The first-order valence-corrected chi connectivity index (χ1v) is 14.5. The Balaban J connectivity index is 1.52. The maximum atomic E-state index is 14.4. The summed E-state index contributed by atoms with van der Waals surface area (Å²) in [6.45, 7) is 1.48. The zero-order valence-corrected chi connectivity index (χ0v) is 22.0. The molecule has 1 fully saturated rings. The van der Waals surface area contributed by atoms with Crippen molar-refractivity contribution >= 4 is 38.5 Å². The van der Waals surface area contributed by atoms with Crippen LogP contribution in [0.25, 0.3) is 0 Å². The van der Waals surface area contributed by atoms with Gasteiger partial charge in [-0.3, -0.25) is 0 Å². The summed E-state index contributed by atoms with van der Waals surface area (Å²) < 4.78 is 54.5. The number of benzene rings is 3. The molecule has 3 aromatic rings. The van der Waals surface area contributed by atoms with Gasteiger partial charge in [0.05, 0.1) is 0 Å². The number of nitrogens with zero attached hydrogens (tertiary/aromatic N) is 2. The number of sulfonamides is 1. The van der Waals surface area contributed by atoms with Gasteiger partial charge in [0.15, 0.2) is 4.90 Å². The van der Waals surface area contributed by atoms with Gasteiger partial charge in [0.2, 0.25) is 10.0 Å². The number of para-hydroxylation sites is 1. The van der Waals surface area contributed by atoms with Crippen molar-refractivity contribution in [3.63, 3.8) is 0 Å². The van der Waals surface area contributed by atoms with Gasteiger partial charge in [0.1, 0.15) is 16.5 Å². The molecular weight excluding hydrogens is 507 g/mol. The third-order valence-electron chi connectivity index (χ3n) is 6.37. The third kappa shape index (κ3) is 5.67. The predicted octanol–water partition coefficient (Wildman–Crippen LogP) is 5.42. The predicted molar refractivity (Wildman–Crippen MR) is 139 cm³/mol.